The number of hydrazine groups is 1. The summed E-state index contributed by atoms with van der Waals surface area (Å²) in [4.78, 5) is 14.8. The lowest BCUT2D eigenvalue weighted by Crippen LogP contribution is -2.48. The van der Waals surface area contributed by atoms with Crippen LogP contribution in [0, 0.1) is 0 Å². The molecule has 5 nitrogen and oxygen atoms in total. The summed E-state index contributed by atoms with van der Waals surface area (Å²) in [5.41, 5.74) is 3.26. The number of likely N-dealkylation sites (tertiary alicyclic amines) is 1. The lowest BCUT2D eigenvalue weighted by atomic mass is 9.72. The Balaban J connectivity index is 2.06. The number of carbonyl (C=O) groups excluding carboxylic acids is 1. The van der Waals surface area contributed by atoms with Crippen molar-refractivity contribution in [1.29, 1.82) is 0 Å². The molecular formula is C16H25N3O2. The van der Waals surface area contributed by atoms with Crippen molar-refractivity contribution in [3.63, 3.8) is 0 Å². The molecule has 1 aliphatic rings. The highest BCUT2D eigenvalue weighted by molar-refractivity contribution is 5.83. The zero-order chi connectivity index (χ0) is 15.1. The predicted molar refractivity (Wildman–Crippen MR) is 82.6 cm³/mol. The maximum absolute atomic E-state index is 12.4. The molecule has 2 rings (SSSR count). The molecule has 0 bridgehead atoms. The molecule has 116 valence electrons. The number of rotatable bonds is 6. The van der Waals surface area contributed by atoms with Crippen LogP contribution in [0.15, 0.2) is 30.3 Å². The Morgan fingerprint density at radius 2 is 2.00 bits per heavy atom. The monoisotopic (exact) mass is 291 g/mol. The number of ether oxygens (including phenoxy) is 1. The standard InChI is InChI=1S/C16H25N3O2/c1-21-15(20)16(14-6-3-2-4-7-14)8-12-19(13-9-16)11-5-10-18-17/h2-4,6-7,18H,5,8-13,17H2,1H3. The number of piperidine rings is 1. The van der Waals surface area contributed by atoms with Crippen molar-refractivity contribution in [3.05, 3.63) is 35.9 Å². The van der Waals surface area contributed by atoms with E-state index in [2.05, 4.69) is 10.3 Å². The summed E-state index contributed by atoms with van der Waals surface area (Å²) < 4.78 is 5.10. The summed E-state index contributed by atoms with van der Waals surface area (Å²) in [6.07, 6.45) is 2.63. The molecule has 1 aromatic rings. The van der Waals surface area contributed by atoms with Gasteiger partial charge in [-0.1, -0.05) is 30.3 Å². The van der Waals surface area contributed by atoms with Gasteiger partial charge in [0.15, 0.2) is 0 Å². The number of nitrogens with one attached hydrogen (secondary N) is 1. The van der Waals surface area contributed by atoms with Gasteiger partial charge >= 0.3 is 5.97 Å². The first-order valence-corrected chi connectivity index (χ1v) is 7.53. The third kappa shape index (κ3) is 3.61. The Morgan fingerprint density at radius 1 is 1.33 bits per heavy atom. The molecule has 0 unspecified atom stereocenters. The van der Waals surface area contributed by atoms with Gasteiger partial charge in [0.2, 0.25) is 0 Å². The lowest BCUT2D eigenvalue weighted by molar-refractivity contribution is -0.149. The second-order valence-corrected chi connectivity index (χ2v) is 5.59. The minimum Gasteiger partial charge on any atom is -0.468 e. The fourth-order valence-corrected chi connectivity index (χ4v) is 3.13. The fraction of sp³-hybridized carbons (Fsp3) is 0.562. The van der Waals surface area contributed by atoms with E-state index in [-0.39, 0.29) is 5.97 Å². The van der Waals surface area contributed by atoms with Crippen LogP contribution >= 0.6 is 0 Å². The fourth-order valence-electron chi connectivity index (χ4n) is 3.13. The molecule has 0 amide bonds. The van der Waals surface area contributed by atoms with Crippen LogP contribution in [0.5, 0.6) is 0 Å². The Hall–Kier alpha value is -1.43. The molecule has 0 radical (unpaired) electrons. The van der Waals surface area contributed by atoms with Gasteiger partial charge in [0.05, 0.1) is 12.5 Å². The van der Waals surface area contributed by atoms with Gasteiger partial charge < -0.3 is 9.64 Å². The molecule has 1 aliphatic heterocycles. The minimum absolute atomic E-state index is 0.114. The highest BCUT2D eigenvalue weighted by Crippen LogP contribution is 2.36. The molecule has 1 saturated heterocycles. The number of carbonyl (C=O) groups is 1. The van der Waals surface area contributed by atoms with Crippen LogP contribution in [0.25, 0.3) is 0 Å². The predicted octanol–water partition coefficient (Wildman–Crippen LogP) is 1.05. The van der Waals surface area contributed by atoms with Gasteiger partial charge in [0.25, 0.3) is 0 Å². The van der Waals surface area contributed by atoms with Gasteiger partial charge in [-0.3, -0.25) is 16.1 Å². The second kappa shape index (κ2) is 7.54. The van der Waals surface area contributed by atoms with Crippen LogP contribution in [0.1, 0.15) is 24.8 Å². The van der Waals surface area contributed by atoms with Crippen LogP contribution < -0.4 is 11.3 Å². The number of hydrogen-bond donors (Lipinski definition) is 2. The molecule has 0 atom stereocenters. The number of nitrogens with two attached hydrogens (primary N) is 1. The van der Waals surface area contributed by atoms with Gasteiger partial charge in [-0.05, 0) is 44.5 Å². The summed E-state index contributed by atoms with van der Waals surface area (Å²) in [7, 11) is 1.48. The first-order chi connectivity index (χ1) is 10.2. The summed E-state index contributed by atoms with van der Waals surface area (Å²) in [6, 6.07) is 10.0. The molecule has 0 aromatic heterocycles. The van der Waals surface area contributed by atoms with E-state index >= 15 is 0 Å². The molecule has 5 heteroatoms. The average molecular weight is 291 g/mol. The highest BCUT2D eigenvalue weighted by Gasteiger charge is 2.43. The van der Waals surface area contributed by atoms with E-state index in [1.54, 1.807) is 0 Å². The normalized spacial score (nSPS) is 18.4. The van der Waals surface area contributed by atoms with E-state index in [0.29, 0.717) is 0 Å². The second-order valence-electron chi connectivity index (χ2n) is 5.59. The van der Waals surface area contributed by atoms with Gasteiger partial charge in [0.1, 0.15) is 0 Å². The van der Waals surface area contributed by atoms with Crippen LogP contribution in [0.2, 0.25) is 0 Å². The van der Waals surface area contributed by atoms with E-state index in [4.69, 9.17) is 10.6 Å². The van der Waals surface area contributed by atoms with Crippen molar-refractivity contribution in [2.24, 2.45) is 5.84 Å². The van der Waals surface area contributed by atoms with Gasteiger partial charge in [-0.2, -0.15) is 0 Å². The minimum atomic E-state index is -0.487. The van der Waals surface area contributed by atoms with E-state index in [1.165, 1.54) is 7.11 Å². The van der Waals surface area contributed by atoms with Crippen LogP contribution in [0.3, 0.4) is 0 Å². The molecular weight excluding hydrogens is 266 g/mol. The average Bonchev–Trinajstić information content (AvgIpc) is 2.56. The van der Waals surface area contributed by atoms with Crippen molar-refractivity contribution in [3.8, 4) is 0 Å². The largest absolute Gasteiger partial charge is 0.468 e. The molecule has 0 aliphatic carbocycles. The molecule has 1 fully saturated rings. The summed E-state index contributed by atoms with van der Waals surface area (Å²) >= 11 is 0. The maximum atomic E-state index is 12.4. The summed E-state index contributed by atoms with van der Waals surface area (Å²) in [5, 5.41) is 0. The quantitative estimate of drug-likeness (QED) is 0.355. The Labute approximate surface area is 126 Å². The number of esters is 1. The van der Waals surface area contributed by atoms with Gasteiger partial charge in [0, 0.05) is 6.54 Å². The molecule has 1 heterocycles. The number of hydrogen-bond acceptors (Lipinski definition) is 5. The Morgan fingerprint density at radius 3 is 2.57 bits per heavy atom. The topological polar surface area (TPSA) is 67.6 Å². The van der Waals surface area contributed by atoms with Gasteiger partial charge in [-0.15, -0.1) is 0 Å². The van der Waals surface area contributed by atoms with Crippen molar-refractivity contribution in [2.45, 2.75) is 24.7 Å². The van der Waals surface area contributed by atoms with Crippen LogP contribution in [-0.4, -0.2) is 44.2 Å². The van der Waals surface area contributed by atoms with Gasteiger partial charge in [-0.25, -0.2) is 0 Å². The maximum Gasteiger partial charge on any atom is 0.316 e. The summed E-state index contributed by atoms with van der Waals surface area (Å²) in [5.74, 6) is 5.18. The van der Waals surface area contributed by atoms with Crippen molar-refractivity contribution >= 4 is 5.97 Å². The molecule has 0 spiro atoms. The molecule has 21 heavy (non-hydrogen) atoms. The molecule has 1 aromatic carbocycles. The SMILES string of the molecule is COC(=O)C1(c2ccccc2)CCN(CCCNN)CC1. The van der Waals surface area contributed by atoms with E-state index in [9.17, 15) is 4.79 Å². The molecule has 3 N–H and O–H groups in total. The van der Waals surface area contributed by atoms with E-state index in [0.717, 1.165) is 51.0 Å². The van der Waals surface area contributed by atoms with Crippen molar-refractivity contribution in [1.82, 2.24) is 10.3 Å². The highest BCUT2D eigenvalue weighted by atomic mass is 16.5. The number of nitrogens with zero attached hydrogens (tertiary/aromatic N) is 1. The number of methoxy groups -OCH3 is 1. The lowest BCUT2D eigenvalue weighted by Gasteiger charge is -2.40. The molecule has 0 saturated carbocycles. The zero-order valence-corrected chi connectivity index (χ0v) is 12.7. The van der Waals surface area contributed by atoms with Crippen molar-refractivity contribution < 1.29 is 9.53 Å². The van der Waals surface area contributed by atoms with E-state index < -0.39 is 5.41 Å². The zero-order valence-electron chi connectivity index (χ0n) is 12.7. The Kier molecular flexibility index (Phi) is 5.73. The summed E-state index contributed by atoms with van der Waals surface area (Å²) in [6.45, 7) is 3.65. The third-order valence-electron chi connectivity index (χ3n) is 4.41. The first kappa shape index (κ1) is 15.9. The smallest absolute Gasteiger partial charge is 0.316 e. The Bertz CT molecular complexity index is 442. The van der Waals surface area contributed by atoms with E-state index in [1.807, 2.05) is 30.3 Å². The number of benzene rings is 1. The van der Waals surface area contributed by atoms with Crippen molar-refractivity contribution in [2.75, 3.05) is 33.3 Å². The first-order valence-electron chi connectivity index (χ1n) is 7.53. The van der Waals surface area contributed by atoms with Crippen LogP contribution in [-0.2, 0) is 14.9 Å². The third-order valence-corrected chi connectivity index (χ3v) is 4.41. The van der Waals surface area contributed by atoms with Crippen LogP contribution in [0.4, 0.5) is 0 Å².